The molecule has 1 atom stereocenters. The van der Waals surface area contributed by atoms with Crippen molar-refractivity contribution < 1.29 is 14.4 Å². The number of hydrogen-bond donors (Lipinski definition) is 2. The van der Waals surface area contributed by atoms with Gasteiger partial charge in [-0.3, -0.25) is 14.4 Å². The number of carbonyl (C=O) groups is 3. The zero-order valence-corrected chi connectivity index (χ0v) is 19.5. The van der Waals surface area contributed by atoms with Crippen LogP contribution in [0.1, 0.15) is 33.2 Å². The molecule has 1 aliphatic rings. The lowest BCUT2D eigenvalue weighted by Gasteiger charge is -2.26. The van der Waals surface area contributed by atoms with E-state index in [1.54, 1.807) is 55.6 Å². The third-order valence-electron chi connectivity index (χ3n) is 6.02. The van der Waals surface area contributed by atoms with Gasteiger partial charge in [0.15, 0.2) is 0 Å². The summed E-state index contributed by atoms with van der Waals surface area (Å²) in [7, 11) is 0. The van der Waals surface area contributed by atoms with Gasteiger partial charge < -0.3 is 15.5 Å². The first kappa shape index (κ1) is 22.6. The van der Waals surface area contributed by atoms with E-state index in [9.17, 15) is 14.4 Å². The number of benzene rings is 3. The zero-order valence-electron chi connectivity index (χ0n) is 18.8. The number of rotatable bonds is 4. The monoisotopic (exact) mass is 484 g/mol. The predicted molar refractivity (Wildman–Crippen MR) is 136 cm³/mol. The highest BCUT2D eigenvalue weighted by Gasteiger charge is 2.32. The van der Waals surface area contributed by atoms with Gasteiger partial charge in [0.1, 0.15) is 11.9 Å². The quantitative estimate of drug-likeness (QED) is 0.420. The summed E-state index contributed by atoms with van der Waals surface area (Å²) < 4.78 is 0. The summed E-state index contributed by atoms with van der Waals surface area (Å²) in [5, 5.41) is 8.00. The van der Waals surface area contributed by atoms with Crippen LogP contribution in [0.15, 0.2) is 79.0 Å². The van der Waals surface area contributed by atoms with Crippen molar-refractivity contribution in [2.45, 2.75) is 19.5 Å². The average Bonchev–Trinajstić information content (AvgIpc) is 2.94. The number of hydrogen-bond acceptors (Lipinski definition) is 4. The van der Waals surface area contributed by atoms with Crippen LogP contribution < -0.4 is 10.6 Å². The lowest BCUT2D eigenvalue weighted by molar-refractivity contribution is -0.120. The maximum absolute atomic E-state index is 13.2. The first-order valence-electron chi connectivity index (χ1n) is 11.1. The van der Waals surface area contributed by atoms with Gasteiger partial charge >= 0.3 is 0 Å². The van der Waals surface area contributed by atoms with Crippen LogP contribution in [0.5, 0.6) is 0 Å². The number of nitrogens with zero attached hydrogens (tertiary/aromatic N) is 2. The number of halogens is 1. The first-order chi connectivity index (χ1) is 16.9. The largest absolute Gasteiger partial charge is 0.324 e. The molecule has 8 heteroatoms. The molecule has 1 aliphatic heterocycles. The third kappa shape index (κ3) is 4.58. The third-order valence-corrected chi connectivity index (χ3v) is 6.25. The molecule has 2 heterocycles. The Morgan fingerprint density at radius 2 is 1.77 bits per heavy atom. The molecule has 174 valence electrons. The summed E-state index contributed by atoms with van der Waals surface area (Å²) in [6.07, 6.45) is 1.72. The molecule has 0 fully saturated rings. The van der Waals surface area contributed by atoms with Crippen LogP contribution in [0.25, 0.3) is 10.8 Å². The molecule has 0 aliphatic carbocycles. The minimum atomic E-state index is -0.685. The molecular weight excluding hydrogens is 464 g/mol. The Kier molecular flexibility index (Phi) is 5.93. The van der Waals surface area contributed by atoms with Crippen molar-refractivity contribution in [1.29, 1.82) is 0 Å². The van der Waals surface area contributed by atoms with Crippen LogP contribution in [0.2, 0.25) is 5.02 Å². The van der Waals surface area contributed by atoms with Gasteiger partial charge in [0.05, 0.1) is 11.3 Å². The number of aromatic nitrogens is 1. The Morgan fingerprint density at radius 3 is 2.54 bits per heavy atom. The van der Waals surface area contributed by atoms with Gasteiger partial charge in [0.25, 0.3) is 11.8 Å². The van der Waals surface area contributed by atoms with Gasteiger partial charge in [-0.05, 0) is 54.3 Å². The van der Waals surface area contributed by atoms with Gasteiger partial charge in [0.2, 0.25) is 5.91 Å². The van der Waals surface area contributed by atoms with Crippen molar-refractivity contribution >= 4 is 51.6 Å². The predicted octanol–water partition coefficient (Wildman–Crippen LogP) is 5.12. The van der Waals surface area contributed by atoms with Gasteiger partial charge in [-0.2, -0.15) is 0 Å². The van der Waals surface area contributed by atoms with Crippen LogP contribution in [-0.2, 0) is 11.3 Å². The molecule has 0 unspecified atom stereocenters. The van der Waals surface area contributed by atoms with E-state index in [1.807, 2.05) is 30.3 Å². The minimum absolute atomic E-state index is 0.212. The van der Waals surface area contributed by atoms with Crippen molar-refractivity contribution in [2.24, 2.45) is 0 Å². The molecule has 0 radical (unpaired) electrons. The highest BCUT2D eigenvalue weighted by Crippen LogP contribution is 2.27. The van der Waals surface area contributed by atoms with Crippen molar-refractivity contribution in [2.75, 3.05) is 10.6 Å². The van der Waals surface area contributed by atoms with Gasteiger partial charge in [-0.1, -0.05) is 48.0 Å². The second-order valence-corrected chi connectivity index (χ2v) is 8.79. The number of anilines is 2. The van der Waals surface area contributed by atoms with Crippen LogP contribution >= 0.6 is 11.6 Å². The van der Waals surface area contributed by atoms with Crippen molar-refractivity contribution in [3.05, 3.63) is 101 Å². The number of carbonyl (C=O) groups excluding carboxylic acids is 3. The average molecular weight is 485 g/mol. The summed E-state index contributed by atoms with van der Waals surface area (Å²) in [4.78, 5) is 44.4. The Bertz CT molecular complexity index is 1470. The van der Waals surface area contributed by atoms with Gasteiger partial charge in [0, 0.05) is 28.7 Å². The fourth-order valence-corrected chi connectivity index (χ4v) is 4.20. The lowest BCUT2D eigenvalue weighted by Crippen LogP contribution is -2.42. The highest BCUT2D eigenvalue weighted by atomic mass is 35.5. The van der Waals surface area contributed by atoms with E-state index in [2.05, 4.69) is 15.6 Å². The second kappa shape index (κ2) is 9.19. The summed E-state index contributed by atoms with van der Waals surface area (Å²) in [6.45, 7) is 1.89. The van der Waals surface area contributed by atoms with Crippen molar-refractivity contribution in [1.82, 2.24) is 9.88 Å². The summed E-state index contributed by atoms with van der Waals surface area (Å²) in [6, 6.07) is 20.6. The molecule has 5 rings (SSSR count). The van der Waals surface area contributed by atoms with Crippen LogP contribution in [0.3, 0.4) is 0 Å². The SMILES string of the molecule is C[C@@H]1C(=O)Nc2cc(Cl)ccc2C(=O)N1Cc1ccc(C(=O)Nc2cc3ccccc3cn2)cc1. The molecular formula is C27H21ClN4O3. The lowest BCUT2D eigenvalue weighted by atomic mass is 10.1. The minimum Gasteiger partial charge on any atom is -0.324 e. The van der Waals surface area contributed by atoms with Crippen LogP contribution in [0.4, 0.5) is 11.5 Å². The molecule has 3 aromatic carbocycles. The van der Waals surface area contributed by atoms with E-state index < -0.39 is 6.04 Å². The van der Waals surface area contributed by atoms with Crippen LogP contribution in [0, 0.1) is 0 Å². The van der Waals surface area contributed by atoms with E-state index in [1.165, 1.54) is 4.90 Å². The maximum atomic E-state index is 13.2. The van der Waals surface area contributed by atoms with Crippen molar-refractivity contribution in [3.63, 3.8) is 0 Å². The molecule has 4 aromatic rings. The first-order valence-corrected chi connectivity index (χ1v) is 11.4. The smallest absolute Gasteiger partial charge is 0.256 e. The zero-order chi connectivity index (χ0) is 24.5. The highest BCUT2D eigenvalue weighted by molar-refractivity contribution is 6.31. The van der Waals surface area contributed by atoms with E-state index >= 15 is 0 Å². The standard InChI is InChI=1S/C27H21ClN4O3/c1-16-25(33)30-23-13-21(28)10-11-22(23)27(35)32(16)15-17-6-8-18(9-7-17)26(34)31-24-12-19-4-2-3-5-20(19)14-29-24/h2-14,16H,15H2,1H3,(H,30,33)(H,29,31,34)/t16-/m1/s1. The van der Waals surface area contributed by atoms with E-state index in [4.69, 9.17) is 11.6 Å². The Labute approximate surface area is 206 Å². The Balaban J connectivity index is 1.32. The Morgan fingerprint density at radius 1 is 1.03 bits per heavy atom. The fraction of sp³-hybridized carbons (Fsp3) is 0.111. The normalized spacial score (nSPS) is 15.4. The molecule has 1 aromatic heterocycles. The van der Waals surface area contributed by atoms with E-state index in [0.717, 1.165) is 16.3 Å². The number of nitrogens with one attached hydrogen (secondary N) is 2. The van der Waals surface area contributed by atoms with Crippen LogP contribution in [-0.4, -0.2) is 33.6 Å². The Hall–Kier alpha value is -4.23. The molecule has 0 bridgehead atoms. The summed E-state index contributed by atoms with van der Waals surface area (Å²) >= 11 is 6.03. The molecule has 3 amide bonds. The molecule has 35 heavy (non-hydrogen) atoms. The summed E-state index contributed by atoms with van der Waals surface area (Å²) in [5.74, 6) is -0.389. The number of amides is 3. The van der Waals surface area contributed by atoms with E-state index in [-0.39, 0.29) is 24.3 Å². The molecule has 0 saturated carbocycles. The number of pyridine rings is 1. The second-order valence-electron chi connectivity index (χ2n) is 8.36. The summed E-state index contributed by atoms with van der Waals surface area (Å²) in [5.41, 5.74) is 2.02. The van der Waals surface area contributed by atoms with Gasteiger partial charge in [-0.15, -0.1) is 0 Å². The number of fused-ring (bicyclic) bond motifs is 2. The van der Waals surface area contributed by atoms with Crippen molar-refractivity contribution in [3.8, 4) is 0 Å². The van der Waals surface area contributed by atoms with E-state index in [0.29, 0.717) is 27.7 Å². The molecule has 0 spiro atoms. The molecule has 7 nitrogen and oxygen atoms in total. The molecule has 0 saturated heterocycles. The van der Waals surface area contributed by atoms with Gasteiger partial charge in [-0.25, -0.2) is 4.98 Å². The maximum Gasteiger partial charge on any atom is 0.256 e. The fourth-order valence-electron chi connectivity index (χ4n) is 4.02. The molecule has 2 N–H and O–H groups in total. The topological polar surface area (TPSA) is 91.4 Å².